The third-order valence-electron chi connectivity index (χ3n) is 2.56. The molecule has 1 amide bonds. The van der Waals surface area contributed by atoms with Crippen LogP contribution in [-0.4, -0.2) is 21.9 Å². The first kappa shape index (κ1) is 15.3. The van der Waals surface area contributed by atoms with Gasteiger partial charge in [0.2, 0.25) is 5.91 Å². The molecule has 0 aliphatic heterocycles. The summed E-state index contributed by atoms with van der Waals surface area (Å²) in [6.07, 6.45) is -4.47. The number of rotatable bonds is 4. The topological polar surface area (TPSA) is 66.9 Å². The van der Waals surface area contributed by atoms with Crippen molar-refractivity contribution >= 4 is 5.91 Å². The number of aromatic nitrogens is 2. The number of alkyl halides is 3. The van der Waals surface area contributed by atoms with Crippen LogP contribution in [0.15, 0.2) is 4.79 Å². The number of amides is 1. The summed E-state index contributed by atoms with van der Waals surface area (Å²) in [7, 11) is 0. The van der Waals surface area contributed by atoms with E-state index in [1.54, 1.807) is 13.8 Å². The Morgan fingerprint density at radius 2 is 2.00 bits per heavy atom. The van der Waals surface area contributed by atoms with Gasteiger partial charge in [0.1, 0.15) is 6.54 Å². The summed E-state index contributed by atoms with van der Waals surface area (Å²) in [4.78, 5) is 23.1. The number of hydrogen-bond donors (Lipinski definition) is 2. The van der Waals surface area contributed by atoms with Gasteiger partial charge in [0.25, 0.3) is 5.56 Å². The number of hydrogen-bond acceptors (Lipinski definition) is 2. The highest BCUT2D eigenvalue weighted by Crippen LogP contribution is 2.16. The molecular formula is C11H16F3N3O2. The molecule has 0 spiro atoms. The number of carbonyl (C=O) groups excluding carboxylic acids is 1. The molecule has 1 aromatic heterocycles. The smallest absolute Gasteiger partial charge is 0.352 e. The molecule has 0 aliphatic carbocycles. The van der Waals surface area contributed by atoms with Gasteiger partial charge in [-0.1, -0.05) is 13.8 Å². The Labute approximate surface area is 107 Å². The number of aromatic amines is 1. The maximum atomic E-state index is 12.2. The van der Waals surface area contributed by atoms with E-state index in [2.05, 4.69) is 10.4 Å². The van der Waals surface area contributed by atoms with Gasteiger partial charge in [0.05, 0.1) is 12.1 Å². The molecule has 8 heteroatoms. The van der Waals surface area contributed by atoms with Gasteiger partial charge in [-0.05, 0) is 6.92 Å². The molecule has 0 atom stereocenters. The average molecular weight is 279 g/mol. The zero-order valence-corrected chi connectivity index (χ0v) is 10.9. The molecule has 0 aliphatic rings. The summed E-state index contributed by atoms with van der Waals surface area (Å²) in [5.74, 6) is -0.515. The van der Waals surface area contributed by atoms with E-state index in [9.17, 15) is 22.8 Å². The van der Waals surface area contributed by atoms with Crippen LogP contribution in [0.25, 0.3) is 0 Å². The fourth-order valence-corrected chi connectivity index (χ4v) is 1.52. The lowest BCUT2D eigenvalue weighted by Gasteiger charge is -2.06. The van der Waals surface area contributed by atoms with Crippen molar-refractivity contribution in [1.82, 2.24) is 15.1 Å². The summed E-state index contributed by atoms with van der Waals surface area (Å²) in [5, 5.41) is 4.86. The van der Waals surface area contributed by atoms with Crippen molar-refractivity contribution in [1.29, 1.82) is 0 Å². The van der Waals surface area contributed by atoms with Crippen LogP contribution in [0.2, 0.25) is 0 Å². The van der Waals surface area contributed by atoms with Gasteiger partial charge in [-0.15, -0.1) is 0 Å². The molecule has 0 radical (unpaired) electrons. The van der Waals surface area contributed by atoms with Gasteiger partial charge < -0.3 is 5.32 Å². The molecule has 0 saturated carbocycles. The lowest BCUT2D eigenvalue weighted by atomic mass is 10.2. The summed E-state index contributed by atoms with van der Waals surface area (Å²) >= 11 is 0. The largest absolute Gasteiger partial charge is 0.408 e. The first-order valence-electron chi connectivity index (χ1n) is 5.74. The summed E-state index contributed by atoms with van der Waals surface area (Å²) < 4.78 is 37.2. The van der Waals surface area contributed by atoms with Gasteiger partial charge in [0.15, 0.2) is 0 Å². The average Bonchev–Trinajstić information content (AvgIpc) is 2.49. The fourth-order valence-electron chi connectivity index (χ4n) is 1.52. The molecule has 19 heavy (non-hydrogen) atoms. The van der Waals surface area contributed by atoms with E-state index in [0.29, 0.717) is 10.4 Å². The highest BCUT2D eigenvalue weighted by Gasteiger charge is 2.30. The Balaban J connectivity index is 2.86. The molecule has 0 bridgehead atoms. The van der Waals surface area contributed by atoms with Crippen molar-refractivity contribution in [2.75, 3.05) is 0 Å². The van der Waals surface area contributed by atoms with E-state index in [1.807, 2.05) is 0 Å². The fraction of sp³-hybridized carbons (Fsp3) is 0.636. The lowest BCUT2D eigenvalue weighted by Crippen LogP contribution is -2.31. The Kier molecular flexibility index (Phi) is 4.43. The van der Waals surface area contributed by atoms with Crippen LogP contribution in [0, 0.1) is 12.8 Å². The predicted octanol–water partition coefficient (Wildman–Crippen LogP) is 1.32. The van der Waals surface area contributed by atoms with Gasteiger partial charge >= 0.3 is 6.18 Å². The van der Waals surface area contributed by atoms with Gasteiger partial charge in [-0.2, -0.15) is 13.2 Å². The second-order valence-electron chi connectivity index (χ2n) is 4.59. The quantitative estimate of drug-likeness (QED) is 0.873. The molecule has 0 fully saturated rings. The van der Waals surface area contributed by atoms with Crippen molar-refractivity contribution in [2.45, 2.75) is 40.0 Å². The van der Waals surface area contributed by atoms with Gasteiger partial charge in [0, 0.05) is 11.6 Å². The van der Waals surface area contributed by atoms with Crippen LogP contribution >= 0.6 is 0 Å². The number of H-pyrrole nitrogens is 1. The third-order valence-corrected chi connectivity index (χ3v) is 2.56. The molecule has 1 heterocycles. The van der Waals surface area contributed by atoms with Crippen LogP contribution in [0.4, 0.5) is 13.2 Å². The van der Waals surface area contributed by atoms with Crippen LogP contribution in [0.3, 0.4) is 0 Å². The summed E-state index contributed by atoms with van der Waals surface area (Å²) in [5.41, 5.74) is -0.310. The monoisotopic (exact) mass is 279 g/mol. The van der Waals surface area contributed by atoms with Crippen LogP contribution < -0.4 is 10.9 Å². The second kappa shape index (κ2) is 5.50. The third kappa shape index (κ3) is 4.15. The molecule has 108 valence electrons. The molecule has 1 aromatic rings. The predicted molar refractivity (Wildman–Crippen MR) is 62.5 cm³/mol. The highest BCUT2D eigenvalue weighted by molar-refractivity contribution is 5.77. The SMILES string of the molecule is Cc1[nH]n(CC(F)(F)F)c(=O)c1CNC(=O)C(C)C. The first-order valence-corrected chi connectivity index (χ1v) is 5.74. The van der Waals surface area contributed by atoms with Crippen molar-refractivity contribution in [3.8, 4) is 0 Å². The molecule has 0 unspecified atom stereocenters. The zero-order chi connectivity index (χ0) is 14.8. The van der Waals surface area contributed by atoms with E-state index in [0.717, 1.165) is 0 Å². The maximum Gasteiger partial charge on any atom is 0.408 e. The minimum absolute atomic E-state index is 0.0803. The molecule has 2 N–H and O–H groups in total. The van der Waals surface area contributed by atoms with E-state index in [1.165, 1.54) is 6.92 Å². The Bertz CT molecular complexity index is 514. The van der Waals surface area contributed by atoms with Crippen LogP contribution in [-0.2, 0) is 17.9 Å². The van der Waals surface area contributed by atoms with Crippen LogP contribution in [0.1, 0.15) is 25.1 Å². The molecule has 0 saturated heterocycles. The summed E-state index contributed by atoms with van der Waals surface area (Å²) in [6, 6.07) is 0. The number of halogens is 3. The highest BCUT2D eigenvalue weighted by atomic mass is 19.4. The van der Waals surface area contributed by atoms with E-state index < -0.39 is 18.3 Å². The standard InChI is InChI=1S/C11H16F3N3O2/c1-6(2)9(18)15-4-8-7(3)16-17(10(8)19)5-11(12,13)14/h6,16H,4-5H2,1-3H3,(H,15,18). The normalized spacial score (nSPS) is 11.9. The van der Waals surface area contributed by atoms with Gasteiger partial charge in [-0.25, -0.2) is 4.68 Å². The Hall–Kier alpha value is -1.73. The van der Waals surface area contributed by atoms with Crippen molar-refractivity contribution in [3.05, 3.63) is 21.6 Å². The van der Waals surface area contributed by atoms with Crippen molar-refractivity contribution < 1.29 is 18.0 Å². The van der Waals surface area contributed by atoms with Crippen LogP contribution in [0.5, 0.6) is 0 Å². The molecule has 0 aromatic carbocycles. The lowest BCUT2D eigenvalue weighted by molar-refractivity contribution is -0.143. The number of carbonyl (C=O) groups is 1. The van der Waals surface area contributed by atoms with Crippen molar-refractivity contribution in [3.63, 3.8) is 0 Å². The number of nitrogens with one attached hydrogen (secondary N) is 2. The van der Waals surface area contributed by atoms with Gasteiger partial charge in [-0.3, -0.25) is 14.7 Å². The van der Waals surface area contributed by atoms with Crippen molar-refractivity contribution in [2.24, 2.45) is 5.92 Å². The maximum absolute atomic E-state index is 12.2. The minimum atomic E-state index is -4.47. The number of aryl methyl sites for hydroxylation is 1. The zero-order valence-electron chi connectivity index (χ0n) is 10.9. The first-order chi connectivity index (χ1) is 8.61. The molecule has 5 nitrogen and oxygen atoms in total. The molecular weight excluding hydrogens is 263 g/mol. The number of nitrogens with zero attached hydrogens (tertiary/aromatic N) is 1. The van der Waals surface area contributed by atoms with E-state index in [-0.39, 0.29) is 23.9 Å². The van der Waals surface area contributed by atoms with E-state index in [4.69, 9.17) is 0 Å². The second-order valence-corrected chi connectivity index (χ2v) is 4.59. The molecule has 1 rings (SSSR count). The van der Waals surface area contributed by atoms with E-state index >= 15 is 0 Å². The minimum Gasteiger partial charge on any atom is -0.352 e. The Morgan fingerprint density at radius 3 is 2.47 bits per heavy atom. The summed E-state index contributed by atoms with van der Waals surface area (Å²) in [6.45, 7) is 3.40. The Morgan fingerprint density at radius 1 is 1.42 bits per heavy atom.